The molecule has 0 spiro atoms. The molecule has 0 aliphatic rings. The minimum absolute atomic E-state index is 0.0369. The summed E-state index contributed by atoms with van der Waals surface area (Å²) in [6, 6.07) is 6.93. The molecule has 0 saturated carbocycles. The number of carbonyl (C=O) groups is 1. The summed E-state index contributed by atoms with van der Waals surface area (Å²) in [6.45, 7) is 2.97. The van der Waals surface area contributed by atoms with E-state index in [0.717, 1.165) is 17.9 Å². The molecule has 5 nitrogen and oxygen atoms in total. The standard InChI is InChI=1S/C15H24N2O3/c1-4-5-14(16)15(18)17(2)10-11-20-13-8-6-12(19-3)7-9-13/h6-9,14H,4-5,10-11,16H2,1-3H3/t14-/m1/s1. The zero-order valence-corrected chi connectivity index (χ0v) is 12.5. The van der Waals surface area contributed by atoms with Crippen molar-refractivity contribution >= 4 is 5.91 Å². The van der Waals surface area contributed by atoms with Crippen molar-refractivity contribution in [3.05, 3.63) is 24.3 Å². The molecule has 112 valence electrons. The number of hydrogen-bond acceptors (Lipinski definition) is 4. The third-order valence-electron chi connectivity index (χ3n) is 3.05. The number of benzene rings is 1. The summed E-state index contributed by atoms with van der Waals surface area (Å²) < 4.78 is 10.6. The fourth-order valence-corrected chi connectivity index (χ4v) is 1.80. The molecule has 0 heterocycles. The fraction of sp³-hybridized carbons (Fsp3) is 0.533. The number of hydrogen-bond donors (Lipinski definition) is 1. The second-order valence-corrected chi connectivity index (χ2v) is 4.68. The monoisotopic (exact) mass is 280 g/mol. The van der Waals surface area contributed by atoms with Gasteiger partial charge in [0.25, 0.3) is 0 Å². The summed E-state index contributed by atoms with van der Waals surface area (Å²) in [5, 5.41) is 0. The Morgan fingerprint density at radius 2 is 1.90 bits per heavy atom. The summed E-state index contributed by atoms with van der Waals surface area (Å²) in [4.78, 5) is 13.5. The van der Waals surface area contributed by atoms with E-state index in [1.165, 1.54) is 0 Å². The first-order valence-corrected chi connectivity index (χ1v) is 6.86. The molecular weight excluding hydrogens is 256 g/mol. The average Bonchev–Trinajstić information content (AvgIpc) is 2.47. The minimum Gasteiger partial charge on any atom is -0.497 e. The summed E-state index contributed by atoms with van der Waals surface area (Å²) >= 11 is 0. The Kier molecular flexibility index (Phi) is 6.87. The molecule has 0 fully saturated rings. The summed E-state index contributed by atoms with van der Waals surface area (Å²) in [5.41, 5.74) is 5.80. The van der Waals surface area contributed by atoms with E-state index in [1.54, 1.807) is 19.1 Å². The molecule has 0 unspecified atom stereocenters. The van der Waals surface area contributed by atoms with Gasteiger partial charge in [0.2, 0.25) is 5.91 Å². The van der Waals surface area contributed by atoms with Crippen LogP contribution in [0, 0.1) is 0 Å². The van der Waals surface area contributed by atoms with Gasteiger partial charge in [0.05, 0.1) is 19.7 Å². The molecule has 2 N–H and O–H groups in total. The van der Waals surface area contributed by atoms with Crippen LogP contribution in [0.2, 0.25) is 0 Å². The lowest BCUT2D eigenvalue weighted by molar-refractivity contribution is -0.131. The maximum Gasteiger partial charge on any atom is 0.239 e. The highest BCUT2D eigenvalue weighted by Gasteiger charge is 2.16. The lowest BCUT2D eigenvalue weighted by Gasteiger charge is -2.21. The number of rotatable bonds is 8. The third kappa shape index (κ3) is 5.09. The number of carbonyl (C=O) groups excluding carboxylic acids is 1. The predicted octanol–water partition coefficient (Wildman–Crippen LogP) is 1.66. The van der Waals surface area contributed by atoms with Crippen molar-refractivity contribution in [1.29, 1.82) is 0 Å². The highest BCUT2D eigenvalue weighted by molar-refractivity contribution is 5.81. The van der Waals surface area contributed by atoms with E-state index in [2.05, 4.69) is 0 Å². The van der Waals surface area contributed by atoms with Gasteiger partial charge in [-0.15, -0.1) is 0 Å². The molecule has 20 heavy (non-hydrogen) atoms. The van der Waals surface area contributed by atoms with E-state index in [4.69, 9.17) is 15.2 Å². The van der Waals surface area contributed by atoms with E-state index in [-0.39, 0.29) is 5.91 Å². The lowest BCUT2D eigenvalue weighted by atomic mass is 10.1. The maximum absolute atomic E-state index is 11.9. The van der Waals surface area contributed by atoms with Crippen LogP contribution < -0.4 is 15.2 Å². The molecule has 0 radical (unpaired) electrons. The second-order valence-electron chi connectivity index (χ2n) is 4.68. The largest absolute Gasteiger partial charge is 0.497 e. The van der Waals surface area contributed by atoms with E-state index < -0.39 is 6.04 Å². The van der Waals surface area contributed by atoms with Gasteiger partial charge in [0.1, 0.15) is 18.1 Å². The van der Waals surface area contributed by atoms with E-state index >= 15 is 0 Å². The number of ether oxygens (including phenoxy) is 2. The quantitative estimate of drug-likeness (QED) is 0.786. The number of nitrogens with two attached hydrogens (primary N) is 1. The molecular formula is C15H24N2O3. The van der Waals surface area contributed by atoms with Crippen LogP contribution >= 0.6 is 0 Å². The van der Waals surface area contributed by atoms with Gasteiger partial charge in [-0.1, -0.05) is 13.3 Å². The van der Waals surface area contributed by atoms with Gasteiger partial charge in [0, 0.05) is 7.05 Å². The Bertz CT molecular complexity index is 406. The molecule has 0 aliphatic heterocycles. The van der Waals surface area contributed by atoms with Crippen molar-refractivity contribution in [1.82, 2.24) is 4.90 Å². The molecule has 1 rings (SSSR count). The van der Waals surface area contributed by atoms with Crippen molar-refractivity contribution in [3.8, 4) is 11.5 Å². The lowest BCUT2D eigenvalue weighted by Crippen LogP contribution is -2.43. The molecule has 1 aromatic rings. The zero-order chi connectivity index (χ0) is 15.0. The maximum atomic E-state index is 11.9. The normalized spacial score (nSPS) is 11.8. The van der Waals surface area contributed by atoms with Crippen LogP contribution in [0.4, 0.5) is 0 Å². The van der Waals surface area contributed by atoms with Crippen LogP contribution in [-0.4, -0.2) is 44.2 Å². The van der Waals surface area contributed by atoms with Gasteiger partial charge in [-0.25, -0.2) is 0 Å². The van der Waals surface area contributed by atoms with Crippen LogP contribution in [0.15, 0.2) is 24.3 Å². The first-order chi connectivity index (χ1) is 9.58. The molecule has 0 aromatic heterocycles. The molecule has 0 saturated heterocycles. The van der Waals surface area contributed by atoms with Crippen LogP contribution in [0.25, 0.3) is 0 Å². The van der Waals surface area contributed by atoms with Crippen LogP contribution in [0.1, 0.15) is 19.8 Å². The predicted molar refractivity (Wildman–Crippen MR) is 79.0 cm³/mol. The van der Waals surface area contributed by atoms with Crippen molar-refractivity contribution in [2.45, 2.75) is 25.8 Å². The highest BCUT2D eigenvalue weighted by atomic mass is 16.5. The number of nitrogens with zero attached hydrogens (tertiary/aromatic N) is 1. The van der Waals surface area contributed by atoms with Crippen LogP contribution in [-0.2, 0) is 4.79 Å². The molecule has 1 atom stereocenters. The molecule has 1 amide bonds. The summed E-state index contributed by atoms with van der Waals surface area (Å²) in [5.74, 6) is 1.50. The van der Waals surface area contributed by atoms with Crippen LogP contribution in [0.5, 0.6) is 11.5 Å². The Morgan fingerprint density at radius 3 is 2.45 bits per heavy atom. The SMILES string of the molecule is CCC[C@@H](N)C(=O)N(C)CCOc1ccc(OC)cc1. The van der Waals surface area contributed by atoms with Gasteiger partial charge in [-0.3, -0.25) is 4.79 Å². The smallest absolute Gasteiger partial charge is 0.239 e. The average molecular weight is 280 g/mol. The van der Waals surface area contributed by atoms with E-state index in [0.29, 0.717) is 19.6 Å². The Labute approximate surface area is 120 Å². The van der Waals surface area contributed by atoms with Crippen molar-refractivity contribution < 1.29 is 14.3 Å². The second kappa shape index (κ2) is 8.43. The van der Waals surface area contributed by atoms with Crippen molar-refractivity contribution in [3.63, 3.8) is 0 Å². The van der Waals surface area contributed by atoms with Crippen LogP contribution in [0.3, 0.4) is 0 Å². The van der Waals surface area contributed by atoms with Gasteiger partial charge < -0.3 is 20.1 Å². The summed E-state index contributed by atoms with van der Waals surface area (Å²) in [6.07, 6.45) is 1.62. The van der Waals surface area contributed by atoms with Crippen molar-refractivity contribution in [2.75, 3.05) is 27.3 Å². The van der Waals surface area contributed by atoms with Gasteiger partial charge in [0.15, 0.2) is 0 Å². The van der Waals surface area contributed by atoms with Gasteiger partial charge in [-0.2, -0.15) is 0 Å². The summed E-state index contributed by atoms with van der Waals surface area (Å²) in [7, 11) is 3.37. The Morgan fingerprint density at radius 1 is 1.30 bits per heavy atom. The zero-order valence-electron chi connectivity index (χ0n) is 12.5. The van der Waals surface area contributed by atoms with Crippen molar-refractivity contribution in [2.24, 2.45) is 5.73 Å². The van der Waals surface area contributed by atoms with Gasteiger partial charge in [-0.05, 0) is 30.7 Å². The fourth-order valence-electron chi connectivity index (χ4n) is 1.80. The first kappa shape index (κ1) is 16.3. The number of amides is 1. The molecule has 5 heteroatoms. The first-order valence-electron chi connectivity index (χ1n) is 6.86. The highest BCUT2D eigenvalue weighted by Crippen LogP contribution is 2.16. The van der Waals surface area contributed by atoms with E-state index in [1.807, 2.05) is 31.2 Å². The molecule has 0 aliphatic carbocycles. The Hall–Kier alpha value is -1.75. The third-order valence-corrected chi connectivity index (χ3v) is 3.05. The minimum atomic E-state index is -0.411. The molecule has 1 aromatic carbocycles. The van der Waals surface area contributed by atoms with Gasteiger partial charge >= 0.3 is 0 Å². The van der Waals surface area contributed by atoms with E-state index in [9.17, 15) is 4.79 Å². The number of likely N-dealkylation sites (N-methyl/N-ethyl adjacent to an activating group) is 1. The Balaban J connectivity index is 2.33. The molecule has 0 bridgehead atoms. The number of methoxy groups -OCH3 is 1. The topological polar surface area (TPSA) is 64.8 Å².